The highest BCUT2D eigenvalue weighted by atomic mass is 28.4. The van der Waals surface area contributed by atoms with E-state index in [1.165, 1.54) is 0 Å². The van der Waals surface area contributed by atoms with E-state index < -0.39 is 14.9 Å². The van der Waals surface area contributed by atoms with Crippen LogP contribution in [0, 0.1) is 84.9 Å². The van der Waals surface area contributed by atoms with E-state index in [0.717, 1.165) is 98.1 Å². The highest BCUT2D eigenvalue weighted by Crippen LogP contribution is 2.42. The van der Waals surface area contributed by atoms with E-state index in [1.54, 1.807) is 47.5 Å². The Morgan fingerprint density at radius 2 is 0.958 bits per heavy atom. The van der Waals surface area contributed by atoms with Gasteiger partial charge >= 0.3 is 0 Å². The van der Waals surface area contributed by atoms with Gasteiger partial charge in [0.2, 0.25) is 17.1 Å². The summed E-state index contributed by atoms with van der Waals surface area (Å²) in [5.41, 5.74) is 11.6. The molecule has 0 radical (unpaired) electrons. The van der Waals surface area contributed by atoms with Crippen molar-refractivity contribution in [3.05, 3.63) is 131 Å². The molecule has 4 aromatic carbocycles. The van der Waals surface area contributed by atoms with Gasteiger partial charge in [0.15, 0.2) is 8.32 Å². The molecule has 4 heterocycles. The van der Waals surface area contributed by atoms with Crippen molar-refractivity contribution in [3.8, 4) is 45.8 Å². The first-order chi connectivity index (χ1) is 33.8. The molecule has 0 saturated carbocycles. The zero-order chi connectivity index (χ0) is 53.2. The number of methoxy groups -OCH3 is 4. The lowest BCUT2D eigenvalue weighted by Crippen LogP contribution is -2.43. The van der Waals surface area contributed by atoms with Gasteiger partial charge in [-0.2, -0.15) is 14.2 Å². The molecule has 8 aromatic rings. The van der Waals surface area contributed by atoms with Crippen LogP contribution >= 0.6 is 0 Å². The van der Waals surface area contributed by atoms with E-state index in [2.05, 4.69) is 59.8 Å². The van der Waals surface area contributed by atoms with Crippen LogP contribution in [0.3, 0.4) is 0 Å². The lowest BCUT2D eigenvalue weighted by atomic mass is 9.96. The Morgan fingerprint density at radius 3 is 1.44 bits per heavy atom. The Bertz CT molecular complexity index is 3510. The number of hydrogen-bond donors (Lipinski definition) is 1. The summed E-state index contributed by atoms with van der Waals surface area (Å²) in [4.78, 5) is 4.98. The second-order valence-electron chi connectivity index (χ2n) is 20.7. The molecule has 8 rings (SSSR count). The van der Waals surface area contributed by atoms with Crippen molar-refractivity contribution < 1.29 is 42.7 Å². The molecule has 0 aliphatic heterocycles. The maximum Gasteiger partial charge on any atom is 0.298 e. The van der Waals surface area contributed by atoms with E-state index in [1.807, 2.05) is 72.7 Å². The van der Waals surface area contributed by atoms with Gasteiger partial charge in [0.05, 0.1) is 44.6 Å². The molecule has 0 saturated heterocycles. The smallest absolute Gasteiger partial charge is 0.298 e. The van der Waals surface area contributed by atoms with E-state index in [-0.39, 0.29) is 28.7 Å². The van der Waals surface area contributed by atoms with Crippen LogP contribution in [0.4, 0.5) is 0 Å². The van der Waals surface area contributed by atoms with Crippen LogP contribution in [-0.4, -0.2) is 46.8 Å². The number of hydrogen-bond acceptors (Lipinski definition) is 10. The minimum atomic E-state index is -2.10. The predicted octanol–water partition coefficient (Wildman–Crippen LogP) is 11.7. The van der Waals surface area contributed by atoms with Crippen molar-refractivity contribution in [1.29, 1.82) is 0 Å². The Kier molecular flexibility index (Phi) is 14.5. The highest BCUT2D eigenvalue weighted by Gasteiger charge is 2.38. The Balaban J connectivity index is 0.000000214. The Labute approximate surface area is 424 Å². The molecule has 72 heavy (non-hydrogen) atoms. The van der Waals surface area contributed by atoms with Crippen molar-refractivity contribution in [2.24, 2.45) is 0 Å². The van der Waals surface area contributed by atoms with Gasteiger partial charge in [0, 0.05) is 47.0 Å². The number of aromatic nitrogens is 4. The summed E-state index contributed by atoms with van der Waals surface area (Å²) < 4.78 is 31.9. The third-order valence-corrected chi connectivity index (χ3v) is 19.8. The van der Waals surface area contributed by atoms with Crippen molar-refractivity contribution in [2.45, 2.75) is 121 Å². The summed E-state index contributed by atoms with van der Waals surface area (Å²) in [7, 11) is 4.44. The quantitative estimate of drug-likeness (QED) is 0.0793. The van der Waals surface area contributed by atoms with Crippen LogP contribution in [0.1, 0.15) is 88.1 Å². The molecule has 380 valence electrons. The van der Waals surface area contributed by atoms with Crippen LogP contribution in [-0.2, 0) is 17.6 Å². The fraction of sp³-hybridized carbons (Fsp3) is 0.379. The highest BCUT2D eigenvalue weighted by molar-refractivity contribution is 6.74. The van der Waals surface area contributed by atoms with E-state index in [9.17, 15) is 20.7 Å². The maximum absolute atomic E-state index is 14.2. The summed E-state index contributed by atoms with van der Waals surface area (Å²) in [5.74, 6) is 2.86. The molecule has 0 fully saturated rings. The van der Waals surface area contributed by atoms with Crippen LogP contribution in [0.2, 0.25) is 18.1 Å². The van der Waals surface area contributed by atoms with Crippen LogP contribution in [0.25, 0.3) is 65.9 Å². The largest absolute Gasteiger partial charge is 0.618 e. The Morgan fingerprint density at radius 1 is 0.528 bits per heavy atom. The summed E-state index contributed by atoms with van der Waals surface area (Å²) >= 11 is 0. The molecule has 0 bridgehead atoms. The van der Waals surface area contributed by atoms with Crippen molar-refractivity contribution in [3.63, 3.8) is 0 Å². The third kappa shape index (κ3) is 8.87. The first-order valence-electron chi connectivity index (χ1n) is 24.2. The van der Waals surface area contributed by atoms with Gasteiger partial charge in [-0.1, -0.05) is 32.9 Å². The van der Waals surface area contributed by atoms with E-state index >= 15 is 0 Å². The van der Waals surface area contributed by atoms with Crippen molar-refractivity contribution in [1.82, 2.24) is 4.98 Å². The molecule has 1 N–H and O–H groups in total. The number of nitrogens with zero attached hydrogens (tertiary/aromatic N) is 4. The van der Waals surface area contributed by atoms with Crippen LogP contribution < -0.4 is 33.1 Å². The monoisotopic (exact) mass is 994 g/mol. The topological polar surface area (TPSA) is 160 Å². The molecule has 0 unspecified atom stereocenters. The number of fused-ring (bicyclic) bond motifs is 4. The first-order valence-corrected chi connectivity index (χ1v) is 27.1. The number of rotatable bonds is 10. The molecule has 0 spiro atoms. The van der Waals surface area contributed by atoms with Crippen LogP contribution in [0.5, 0.6) is 23.0 Å². The zero-order valence-corrected chi connectivity index (χ0v) is 46.5. The molecule has 0 atom stereocenters. The van der Waals surface area contributed by atoms with Crippen LogP contribution in [0.15, 0.2) is 48.5 Å². The van der Waals surface area contributed by atoms with Crippen molar-refractivity contribution in [2.75, 3.05) is 28.4 Å². The molecular weight excluding hydrogens is 925 g/mol. The number of pyridine rings is 4. The third-order valence-electron chi connectivity index (χ3n) is 15.3. The van der Waals surface area contributed by atoms with E-state index in [0.29, 0.717) is 55.2 Å². The number of aliphatic hydroxyl groups excluding tert-OH is 1. The summed E-state index contributed by atoms with van der Waals surface area (Å²) in [6.07, 6.45) is 0. The minimum absolute atomic E-state index is 0.0256. The molecule has 0 aliphatic carbocycles. The summed E-state index contributed by atoms with van der Waals surface area (Å²) in [5, 5.41) is 57.5. The Hall–Kier alpha value is -6.74. The SMILES string of the molecule is COc1c(C)c(C)cc2c(-c3cc4cc(C)c(C)c(OC)c4c(C)[n+]3[O-])[n+]([O-])c(CO)cc12.COc1c(C)c(C)cc2c(-c3cc4cc(C)c(C)c(OC)c4c(C)n3)[n+]([O-])c(CO[Si](C)(C)C(C)(C)C)cc12. The average Bonchev–Trinajstić information content (AvgIpc) is 3.32. The normalized spacial score (nSPS) is 11.9. The van der Waals surface area contributed by atoms with Crippen molar-refractivity contribution >= 4 is 51.4 Å². The average molecular weight is 995 g/mol. The second kappa shape index (κ2) is 19.7. The van der Waals surface area contributed by atoms with Gasteiger partial charge in [-0.25, -0.2) is 4.98 Å². The summed E-state index contributed by atoms with van der Waals surface area (Å²) in [6.45, 7) is 30.5. The van der Waals surface area contributed by atoms with Gasteiger partial charge in [0.1, 0.15) is 41.9 Å². The predicted molar refractivity (Wildman–Crippen MR) is 290 cm³/mol. The first kappa shape index (κ1) is 53.1. The van der Waals surface area contributed by atoms with Gasteiger partial charge in [-0.3, -0.25) is 0 Å². The van der Waals surface area contributed by atoms with E-state index in [4.69, 9.17) is 28.4 Å². The number of aryl methyl sites for hydroxylation is 6. The zero-order valence-electron chi connectivity index (χ0n) is 45.5. The molecule has 14 heteroatoms. The molecule has 4 aromatic heterocycles. The minimum Gasteiger partial charge on any atom is -0.618 e. The maximum atomic E-state index is 14.2. The lowest BCUT2D eigenvalue weighted by molar-refractivity contribution is -0.632. The number of aliphatic hydroxyl groups is 1. The van der Waals surface area contributed by atoms with Gasteiger partial charge in [-0.05, 0) is 154 Å². The summed E-state index contributed by atoms with van der Waals surface area (Å²) in [6, 6.07) is 15.4. The molecule has 0 aliphatic rings. The molecule has 13 nitrogen and oxygen atoms in total. The van der Waals surface area contributed by atoms with Gasteiger partial charge in [0.25, 0.3) is 17.1 Å². The standard InChI is InChI=1S/C32H42N2O4Si.C26H28N2O5/c1-18-13-23-15-27(33-22(5)28(23)31(37-10)21(18)4)29-25-14-19(2)20(3)30(36-9)26(25)16-24(34(29)35)17-38-39(11,12)32(6,7)8;1-13-8-18-10-22(27(30)17(5)23(18)26(33-7)16(13)4)24-20-9-14(2)15(3)25(32-6)21(20)11-19(12-29)28(24)31/h13-16H,17H2,1-12H3;8-11,29H,12H2,1-7H3. The van der Waals surface area contributed by atoms with Gasteiger partial charge in [-0.15, -0.1) is 0 Å². The number of ether oxygens (including phenoxy) is 4. The number of benzene rings is 4. The van der Waals surface area contributed by atoms with Gasteiger partial charge < -0.3 is 44.1 Å². The molecule has 0 amide bonds. The second-order valence-corrected chi connectivity index (χ2v) is 25.5. The fourth-order valence-electron chi connectivity index (χ4n) is 9.64. The molecular formula is C58H70N4O9Si. The lowest BCUT2D eigenvalue weighted by Gasteiger charge is -2.35. The fourth-order valence-corrected chi connectivity index (χ4v) is 10.6.